The number of carbonyl (C=O) groups excluding carboxylic acids is 1. The first-order valence-corrected chi connectivity index (χ1v) is 9.99. The molecule has 4 rings (SSSR count). The molecular formula is C24H22BNO5. The van der Waals surface area contributed by atoms with Crippen molar-refractivity contribution in [3.63, 3.8) is 0 Å². The van der Waals surface area contributed by atoms with Gasteiger partial charge in [0, 0.05) is 17.4 Å². The average Bonchev–Trinajstić information content (AvgIpc) is 3.17. The fourth-order valence-corrected chi connectivity index (χ4v) is 3.65. The minimum absolute atomic E-state index is 0.124. The van der Waals surface area contributed by atoms with E-state index >= 15 is 0 Å². The van der Waals surface area contributed by atoms with Gasteiger partial charge in [-0.1, -0.05) is 72.8 Å². The highest BCUT2D eigenvalue weighted by molar-refractivity contribution is 6.32. The summed E-state index contributed by atoms with van der Waals surface area (Å²) in [7, 11) is -2.01. The van der Waals surface area contributed by atoms with Gasteiger partial charge in [0.25, 0.3) is 0 Å². The lowest BCUT2D eigenvalue weighted by Crippen LogP contribution is -2.43. The number of benzene rings is 3. The van der Waals surface area contributed by atoms with Crippen LogP contribution in [0.4, 0.5) is 0 Å². The summed E-state index contributed by atoms with van der Waals surface area (Å²) in [5.41, 5.74) is 4.37. The van der Waals surface area contributed by atoms with E-state index in [-0.39, 0.29) is 18.7 Å². The number of amides is 1. The van der Waals surface area contributed by atoms with Crippen LogP contribution in [0.5, 0.6) is 0 Å². The molecule has 0 aliphatic carbocycles. The summed E-state index contributed by atoms with van der Waals surface area (Å²) in [6.45, 7) is 0. The molecule has 3 aromatic carbocycles. The number of carbonyl (C=O) groups is 1. The van der Waals surface area contributed by atoms with Crippen LogP contribution < -0.4 is 5.32 Å². The first-order chi connectivity index (χ1) is 15.1. The fraction of sp³-hybridized carbons (Fsp3) is 0.125. The molecule has 1 amide bonds. The number of furan rings is 1. The van der Waals surface area contributed by atoms with Crippen LogP contribution in [-0.4, -0.2) is 29.5 Å². The van der Waals surface area contributed by atoms with Gasteiger partial charge in [0.05, 0.1) is 12.7 Å². The van der Waals surface area contributed by atoms with Gasteiger partial charge >= 0.3 is 7.32 Å². The van der Waals surface area contributed by atoms with E-state index in [0.29, 0.717) is 5.58 Å². The van der Waals surface area contributed by atoms with Crippen molar-refractivity contribution in [3.8, 4) is 11.1 Å². The SMILES string of the molecule is O=C(Cc1ccccc1-c1ccccc1)N[C@@H](Cc1coc2ccccc12)OB(O)O. The van der Waals surface area contributed by atoms with Crippen LogP contribution in [0.3, 0.4) is 0 Å². The molecular weight excluding hydrogens is 393 g/mol. The molecule has 7 heteroatoms. The van der Waals surface area contributed by atoms with Crippen molar-refractivity contribution in [2.75, 3.05) is 0 Å². The molecule has 1 heterocycles. The fourth-order valence-electron chi connectivity index (χ4n) is 3.65. The van der Waals surface area contributed by atoms with Crippen LogP contribution in [0, 0.1) is 0 Å². The number of rotatable bonds is 8. The molecule has 0 unspecified atom stereocenters. The zero-order valence-electron chi connectivity index (χ0n) is 16.8. The summed E-state index contributed by atoms with van der Waals surface area (Å²) >= 11 is 0. The zero-order valence-corrected chi connectivity index (χ0v) is 16.8. The summed E-state index contributed by atoms with van der Waals surface area (Å²) in [5, 5.41) is 22.3. The molecule has 156 valence electrons. The van der Waals surface area contributed by atoms with Crippen LogP contribution in [0.25, 0.3) is 22.1 Å². The second-order valence-corrected chi connectivity index (χ2v) is 7.18. The van der Waals surface area contributed by atoms with E-state index in [2.05, 4.69) is 5.32 Å². The maximum atomic E-state index is 12.8. The molecule has 0 aliphatic heterocycles. The Kier molecular flexibility index (Phi) is 6.47. The number of hydrogen-bond donors (Lipinski definition) is 3. The quantitative estimate of drug-likeness (QED) is 0.303. The van der Waals surface area contributed by atoms with Crippen LogP contribution >= 0.6 is 0 Å². The Morgan fingerprint density at radius 1 is 0.935 bits per heavy atom. The van der Waals surface area contributed by atoms with E-state index in [1.54, 1.807) is 6.26 Å². The summed E-state index contributed by atoms with van der Waals surface area (Å²) in [4.78, 5) is 12.8. The lowest BCUT2D eigenvalue weighted by molar-refractivity contribution is -0.123. The Labute approximate surface area is 180 Å². The molecule has 1 atom stereocenters. The molecule has 4 aromatic rings. The zero-order chi connectivity index (χ0) is 21.6. The van der Waals surface area contributed by atoms with E-state index < -0.39 is 13.5 Å². The van der Waals surface area contributed by atoms with Crippen LogP contribution in [-0.2, 0) is 22.3 Å². The van der Waals surface area contributed by atoms with Gasteiger partial charge in [-0.3, -0.25) is 4.79 Å². The summed E-state index contributed by atoms with van der Waals surface area (Å²) in [6, 6.07) is 25.0. The third kappa shape index (κ3) is 5.21. The lowest BCUT2D eigenvalue weighted by Gasteiger charge is -2.19. The van der Waals surface area contributed by atoms with Crippen molar-refractivity contribution in [2.45, 2.75) is 19.1 Å². The Morgan fingerprint density at radius 3 is 2.45 bits per heavy atom. The highest BCUT2D eigenvalue weighted by Crippen LogP contribution is 2.24. The normalized spacial score (nSPS) is 11.9. The predicted octanol–water partition coefficient (Wildman–Crippen LogP) is 3.31. The van der Waals surface area contributed by atoms with Gasteiger partial charge in [0.1, 0.15) is 11.8 Å². The monoisotopic (exact) mass is 415 g/mol. The molecule has 0 fully saturated rings. The summed E-state index contributed by atoms with van der Waals surface area (Å²) < 4.78 is 10.7. The third-order valence-electron chi connectivity index (χ3n) is 5.03. The number of para-hydroxylation sites is 1. The van der Waals surface area contributed by atoms with E-state index in [0.717, 1.165) is 27.6 Å². The van der Waals surface area contributed by atoms with Gasteiger partial charge < -0.3 is 24.4 Å². The van der Waals surface area contributed by atoms with Gasteiger partial charge in [-0.15, -0.1) is 0 Å². The first kappa shape index (κ1) is 20.9. The summed E-state index contributed by atoms with van der Waals surface area (Å²) in [6.07, 6.45) is 0.999. The molecule has 0 radical (unpaired) electrons. The summed E-state index contributed by atoms with van der Waals surface area (Å²) in [5.74, 6) is -0.290. The molecule has 0 saturated heterocycles. The Balaban J connectivity index is 1.50. The van der Waals surface area contributed by atoms with Crippen molar-refractivity contribution in [1.29, 1.82) is 0 Å². The standard InChI is InChI=1S/C24H22BNO5/c27-23(14-18-10-4-5-11-20(18)17-8-2-1-3-9-17)26-24(31-25(28)29)15-19-16-30-22-13-7-6-12-21(19)22/h1-13,16,24,28-29H,14-15H2,(H,26,27)/t24-/m1/s1. The van der Waals surface area contributed by atoms with Crippen LogP contribution in [0.1, 0.15) is 11.1 Å². The van der Waals surface area contributed by atoms with E-state index in [1.165, 1.54) is 0 Å². The average molecular weight is 415 g/mol. The maximum absolute atomic E-state index is 12.8. The van der Waals surface area contributed by atoms with Crippen molar-refractivity contribution in [2.24, 2.45) is 0 Å². The maximum Gasteiger partial charge on any atom is 0.635 e. The number of nitrogens with one attached hydrogen (secondary N) is 1. The third-order valence-corrected chi connectivity index (χ3v) is 5.03. The molecule has 1 aromatic heterocycles. The topological polar surface area (TPSA) is 91.9 Å². The van der Waals surface area contributed by atoms with Gasteiger partial charge in [-0.05, 0) is 22.8 Å². The Morgan fingerprint density at radius 2 is 1.65 bits per heavy atom. The molecule has 0 spiro atoms. The highest BCUT2D eigenvalue weighted by atomic mass is 16.6. The Hall–Kier alpha value is -3.39. The molecule has 3 N–H and O–H groups in total. The van der Waals surface area contributed by atoms with Crippen molar-refractivity contribution in [1.82, 2.24) is 5.32 Å². The van der Waals surface area contributed by atoms with E-state index in [4.69, 9.17) is 9.07 Å². The minimum atomic E-state index is -2.01. The van der Waals surface area contributed by atoms with Crippen molar-refractivity contribution >= 4 is 24.2 Å². The minimum Gasteiger partial charge on any atom is -0.464 e. The smallest absolute Gasteiger partial charge is 0.464 e. The van der Waals surface area contributed by atoms with Gasteiger partial charge in [-0.2, -0.15) is 0 Å². The lowest BCUT2D eigenvalue weighted by atomic mass is 9.97. The van der Waals surface area contributed by atoms with Gasteiger partial charge in [-0.25, -0.2) is 0 Å². The van der Waals surface area contributed by atoms with Crippen molar-refractivity contribution < 1.29 is 23.9 Å². The molecule has 0 bridgehead atoms. The Bertz CT molecular complexity index is 1160. The number of fused-ring (bicyclic) bond motifs is 1. The second kappa shape index (κ2) is 9.62. The molecule has 0 saturated carbocycles. The molecule has 0 aliphatic rings. The second-order valence-electron chi connectivity index (χ2n) is 7.18. The van der Waals surface area contributed by atoms with Gasteiger partial charge in [0.2, 0.25) is 5.91 Å². The van der Waals surface area contributed by atoms with E-state index in [1.807, 2.05) is 78.9 Å². The van der Waals surface area contributed by atoms with E-state index in [9.17, 15) is 14.8 Å². The highest BCUT2D eigenvalue weighted by Gasteiger charge is 2.22. The predicted molar refractivity (Wildman–Crippen MR) is 119 cm³/mol. The molecule has 6 nitrogen and oxygen atoms in total. The first-order valence-electron chi connectivity index (χ1n) is 9.99. The number of hydrogen-bond acceptors (Lipinski definition) is 5. The van der Waals surface area contributed by atoms with Crippen molar-refractivity contribution in [3.05, 3.63) is 96.3 Å². The van der Waals surface area contributed by atoms with Crippen LogP contribution in [0.2, 0.25) is 0 Å². The van der Waals surface area contributed by atoms with Gasteiger partial charge in [0.15, 0.2) is 0 Å². The largest absolute Gasteiger partial charge is 0.635 e. The van der Waals surface area contributed by atoms with Crippen LogP contribution in [0.15, 0.2) is 89.5 Å². The molecule has 31 heavy (non-hydrogen) atoms.